The fraction of sp³-hybridized carbons (Fsp3) is 0.833. The van der Waals surface area contributed by atoms with Crippen molar-refractivity contribution >= 4 is 5.97 Å². The fourth-order valence-electron chi connectivity index (χ4n) is 0.822. The van der Waals surface area contributed by atoms with Crippen LogP contribution < -0.4 is 0 Å². The summed E-state index contributed by atoms with van der Waals surface area (Å²) in [5.41, 5.74) is 0. The molecular weight excluding hydrogens is 104 g/mol. The average Bonchev–Trinajstić information content (AvgIpc) is 1.77. The number of carbonyl (C=O) groups excluding carboxylic acids is 1. The molecule has 0 radical (unpaired) electrons. The third-order valence-corrected chi connectivity index (χ3v) is 1.43. The molecule has 0 amide bonds. The molecule has 2 heteroatoms. The lowest BCUT2D eigenvalue weighted by molar-refractivity contribution is -0.151. The average molecular weight is 114 g/mol. The molecule has 1 aliphatic rings. The summed E-state index contributed by atoms with van der Waals surface area (Å²) in [6.45, 7) is 2.53. The van der Waals surface area contributed by atoms with Crippen molar-refractivity contribution in [1.82, 2.24) is 0 Å². The summed E-state index contributed by atoms with van der Waals surface area (Å²) < 4.78 is 4.75. The third kappa shape index (κ3) is 0.997. The third-order valence-electron chi connectivity index (χ3n) is 1.43. The summed E-state index contributed by atoms with van der Waals surface area (Å²) >= 11 is 0. The molecule has 1 heterocycles. The van der Waals surface area contributed by atoms with Crippen LogP contribution in [0.25, 0.3) is 0 Å². The molecule has 0 saturated carbocycles. The lowest BCUT2D eigenvalue weighted by Gasteiger charge is -2.15. The van der Waals surface area contributed by atoms with Gasteiger partial charge in [0.25, 0.3) is 0 Å². The van der Waals surface area contributed by atoms with E-state index < -0.39 is 0 Å². The van der Waals surface area contributed by atoms with Crippen LogP contribution in [0, 0.1) is 5.92 Å². The molecule has 2 nitrogen and oxygen atoms in total. The number of hydrogen-bond acceptors (Lipinski definition) is 2. The van der Waals surface area contributed by atoms with Gasteiger partial charge in [-0.1, -0.05) is 6.92 Å². The van der Waals surface area contributed by atoms with Crippen LogP contribution in [0.5, 0.6) is 0 Å². The van der Waals surface area contributed by atoms with Crippen LogP contribution in [0.1, 0.15) is 19.8 Å². The van der Waals surface area contributed by atoms with Gasteiger partial charge in [0.15, 0.2) is 0 Å². The highest BCUT2D eigenvalue weighted by Crippen LogP contribution is 2.12. The van der Waals surface area contributed by atoms with E-state index in [2.05, 4.69) is 0 Å². The Labute approximate surface area is 48.8 Å². The first-order valence-corrected chi connectivity index (χ1v) is 2.97. The molecule has 1 aliphatic heterocycles. The number of carbonyl (C=O) groups is 1. The van der Waals surface area contributed by atoms with Crippen molar-refractivity contribution < 1.29 is 9.53 Å². The molecule has 1 fully saturated rings. The van der Waals surface area contributed by atoms with Gasteiger partial charge in [0.05, 0.1) is 12.5 Å². The van der Waals surface area contributed by atoms with Gasteiger partial charge in [0, 0.05) is 0 Å². The molecule has 0 N–H and O–H groups in total. The zero-order chi connectivity index (χ0) is 5.98. The van der Waals surface area contributed by atoms with Crippen LogP contribution in [0.15, 0.2) is 0 Å². The molecule has 0 aromatic rings. The number of cyclic esters (lactones) is 1. The Morgan fingerprint density at radius 2 is 2.50 bits per heavy atom. The summed E-state index contributed by atoms with van der Waals surface area (Å²) in [6.07, 6.45) is 2.03. The van der Waals surface area contributed by atoms with Gasteiger partial charge in [-0.15, -0.1) is 0 Å². The van der Waals surface area contributed by atoms with Gasteiger partial charge in [-0.2, -0.15) is 0 Å². The molecular formula is C6H10O2. The zero-order valence-electron chi connectivity index (χ0n) is 5.02. The predicted molar refractivity (Wildman–Crippen MR) is 29.4 cm³/mol. The Morgan fingerprint density at radius 3 is 2.88 bits per heavy atom. The molecule has 1 rings (SSSR count). The van der Waals surface area contributed by atoms with E-state index in [-0.39, 0.29) is 11.9 Å². The van der Waals surface area contributed by atoms with Gasteiger partial charge in [-0.05, 0) is 12.8 Å². The van der Waals surface area contributed by atoms with Gasteiger partial charge in [-0.25, -0.2) is 0 Å². The maximum atomic E-state index is 10.6. The second kappa shape index (κ2) is 2.16. The largest absolute Gasteiger partial charge is 0.465 e. The SMILES string of the molecule is CC1CCCOC1=O. The maximum Gasteiger partial charge on any atom is 0.308 e. The fourth-order valence-corrected chi connectivity index (χ4v) is 0.822. The molecule has 1 atom stereocenters. The van der Waals surface area contributed by atoms with E-state index in [1.165, 1.54) is 0 Å². The van der Waals surface area contributed by atoms with Crippen molar-refractivity contribution in [3.8, 4) is 0 Å². The first-order chi connectivity index (χ1) is 3.80. The summed E-state index contributed by atoms with van der Waals surface area (Å²) in [7, 11) is 0. The molecule has 1 saturated heterocycles. The Morgan fingerprint density at radius 1 is 1.75 bits per heavy atom. The first-order valence-electron chi connectivity index (χ1n) is 2.97. The first kappa shape index (κ1) is 5.60. The summed E-state index contributed by atoms with van der Waals surface area (Å²) in [4.78, 5) is 10.6. The highest BCUT2D eigenvalue weighted by atomic mass is 16.5. The number of rotatable bonds is 0. The van der Waals surface area contributed by atoms with Gasteiger partial charge < -0.3 is 4.74 Å². The van der Waals surface area contributed by atoms with Crippen molar-refractivity contribution in [1.29, 1.82) is 0 Å². The van der Waals surface area contributed by atoms with E-state index in [0.29, 0.717) is 6.61 Å². The van der Waals surface area contributed by atoms with E-state index >= 15 is 0 Å². The molecule has 0 spiro atoms. The van der Waals surface area contributed by atoms with Crippen LogP contribution in [-0.2, 0) is 9.53 Å². The summed E-state index contributed by atoms with van der Waals surface area (Å²) in [5, 5.41) is 0. The summed E-state index contributed by atoms with van der Waals surface area (Å²) in [5.74, 6) is 0.111. The van der Waals surface area contributed by atoms with Crippen LogP contribution in [-0.4, -0.2) is 12.6 Å². The quantitative estimate of drug-likeness (QED) is 0.438. The minimum Gasteiger partial charge on any atom is -0.465 e. The van der Waals surface area contributed by atoms with Crippen molar-refractivity contribution in [3.63, 3.8) is 0 Å². The molecule has 1 unspecified atom stereocenters. The monoisotopic (exact) mass is 114 g/mol. The van der Waals surface area contributed by atoms with Gasteiger partial charge in [0.1, 0.15) is 0 Å². The predicted octanol–water partition coefficient (Wildman–Crippen LogP) is 0.960. The minimum atomic E-state index is -0.0312. The molecule has 0 aromatic carbocycles. The Kier molecular flexibility index (Phi) is 1.51. The van der Waals surface area contributed by atoms with Crippen molar-refractivity contribution in [2.45, 2.75) is 19.8 Å². The standard InChI is InChI=1S/C6H10O2/c1-5-3-2-4-8-6(5)7/h5H,2-4H2,1H3. The second-order valence-corrected chi connectivity index (χ2v) is 2.21. The lowest BCUT2D eigenvalue weighted by atomic mass is 10.0. The smallest absolute Gasteiger partial charge is 0.308 e. The van der Waals surface area contributed by atoms with Crippen molar-refractivity contribution in [3.05, 3.63) is 0 Å². The molecule has 0 bridgehead atoms. The van der Waals surface area contributed by atoms with Crippen molar-refractivity contribution in [2.24, 2.45) is 5.92 Å². The molecule has 46 valence electrons. The number of ether oxygens (including phenoxy) is 1. The topological polar surface area (TPSA) is 26.3 Å². The van der Waals surface area contributed by atoms with Gasteiger partial charge in [-0.3, -0.25) is 4.79 Å². The van der Waals surface area contributed by atoms with E-state index in [9.17, 15) is 4.79 Å². The summed E-state index contributed by atoms with van der Waals surface area (Å²) in [6, 6.07) is 0. The van der Waals surface area contributed by atoms with Crippen LogP contribution in [0.3, 0.4) is 0 Å². The second-order valence-electron chi connectivity index (χ2n) is 2.21. The van der Waals surface area contributed by atoms with Gasteiger partial charge >= 0.3 is 5.97 Å². The van der Waals surface area contributed by atoms with Crippen LogP contribution in [0.2, 0.25) is 0 Å². The van der Waals surface area contributed by atoms with Gasteiger partial charge in [0.2, 0.25) is 0 Å². The minimum absolute atomic E-state index is 0.0312. The molecule has 0 aliphatic carbocycles. The number of hydrogen-bond donors (Lipinski definition) is 0. The van der Waals surface area contributed by atoms with E-state index in [1.54, 1.807) is 0 Å². The highest BCUT2D eigenvalue weighted by Gasteiger charge is 2.17. The van der Waals surface area contributed by atoms with E-state index in [0.717, 1.165) is 12.8 Å². The molecule has 8 heavy (non-hydrogen) atoms. The van der Waals surface area contributed by atoms with E-state index in [4.69, 9.17) is 4.74 Å². The maximum absolute atomic E-state index is 10.6. The highest BCUT2D eigenvalue weighted by molar-refractivity contribution is 5.72. The van der Waals surface area contributed by atoms with Crippen LogP contribution >= 0.6 is 0 Å². The van der Waals surface area contributed by atoms with Crippen molar-refractivity contribution in [2.75, 3.05) is 6.61 Å². The normalized spacial score (nSPS) is 29.6. The zero-order valence-corrected chi connectivity index (χ0v) is 5.02. The Bertz CT molecular complexity index is 98.7. The lowest BCUT2D eigenvalue weighted by Crippen LogP contribution is -2.20. The van der Waals surface area contributed by atoms with E-state index in [1.807, 2.05) is 6.92 Å². The Hall–Kier alpha value is -0.530. The van der Waals surface area contributed by atoms with Crippen LogP contribution in [0.4, 0.5) is 0 Å². The number of esters is 1. The Balaban J connectivity index is 2.39. The molecule has 0 aromatic heterocycles.